The molecule has 2 aromatic heterocycles. The fraction of sp³-hybridized carbons (Fsp3) is 0.286. The van der Waals surface area contributed by atoms with Crippen LogP contribution in [0.15, 0.2) is 41.1 Å². The van der Waals surface area contributed by atoms with Crippen molar-refractivity contribution in [1.29, 1.82) is 0 Å². The molecule has 1 aliphatic rings. The van der Waals surface area contributed by atoms with E-state index in [1.54, 1.807) is 29.3 Å². The van der Waals surface area contributed by atoms with Gasteiger partial charge in [-0.3, -0.25) is 4.79 Å². The molecule has 20 heavy (non-hydrogen) atoms. The predicted octanol–water partition coefficient (Wildman–Crippen LogP) is 2.29. The van der Waals surface area contributed by atoms with E-state index in [1.165, 1.54) is 6.26 Å². The molecular formula is C14H14ClN3O2. The topological polar surface area (TPSA) is 49.6 Å². The Morgan fingerprint density at radius 2 is 2.00 bits per heavy atom. The van der Waals surface area contributed by atoms with Crippen molar-refractivity contribution in [2.24, 2.45) is 0 Å². The summed E-state index contributed by atoms with van der Waals surface area (Å²) in [6.45, 7) is 2.88. The van der Waals surface area contributed by atoms with E-state index in [0.29, 0.717) is 24.0 Å². The number of carbonyl (C=O) groups excluding carboxylic acids is 1. The smallest absolute Gasteiger partial charge is 0.289 e. The third kappa shape index (κ3) is 2.63. The van der Waals surface area contributed by atoms with Crippen molar-refractivity contribution in [2.75, 3.05) is 31.1 Å². The van der Waals surface area contributed by atoms with Gasteiger partial charge < -0.3 is 14.2 Å². The van der Waals surface area contributed by atoms with Gasteiger partial charge in [0.15, 0.2) is 5.76 Å². The summed E-state index contributed by atoms with van der Waals surface area (Å²) in [5.74, 6) is 0.343. The molecule has 2 aromatic rings. The largest absolute Gasteiger partial charge is 0.459 e. The zero-order chi connectivity index (χ0) is 13.9. The van der Waals surface area contributed by atoms with Crippen molar-refractivity contribution in [3.8, 4) is 0 Å². The van der Waals surface area contributed by atoms with Gasteiger partial charge in [0.1, 0.15) is 5.15 Å². The minimum absolute atomic E-state index is 0.0520. The van der Waals surface area contributed by atoms with Crippen LogP contribution in [0, 0.1) is 0 Å². The van der Waals surface area contributed by atoms with Crippen LogP contribution in [-0.2, 0) is 0 Å². The van der Waals surface area contributed by atoms with Crippen LogP contribution in [0.4, 0.5) is 5.69 Å². The van der Waals surface area contributed by atoms with Gasteiger partial charge in [-0.25, -0.2) is 4.98 Å². The molecule has 0 aliphatic carbocycles. The number of nitrogens with zero attached hydrogens (tertiary/aromatic N) is 3. The number of aromatic nitrogens is 1. The molecule has 1 aliphatic heterocycles. The number of carbonyl (C=O) groups is 1. The van der Waals surface area contributed by atoms with Gasteiger partial charge >= 0.3 is 0 Å². The Balaban J connectivity index is 1.62. The quantitative estimate of drug-likeness (QED) is 0.797. The van der Waals surface area contributed by atoms with Crippen molar-refractivity contribution in [3.63, 3.8) is 0 Å². The first-order chi connectivity index (χ1) is 9.74. The van der Waals surface area contributed by atoms with Crippen LogP contribution in [0.2, 0.25) is 5.15 Å². The van der Waals surface area contributed by atoms with Gasteiger partial charge in [0, 0.05) is 26.2 Å². The normalized spacial score (nSPS) is 15.4. The van der Waals surface area contributed by atoms with Crippen LogP contribution in [0.3, 0.4) is 0 Å². The predicted molar refractivity (Wildman–Crippen MR) is 76.1 cm³/mol. The van der Waals surface area contributed by atoms with Gasteiger partial charge in [-0.1, -0.05) is 11.6 Å². The number of furan rings is 1. The van der Waals surface area contributed by atoms with E-state index in [-0.39, 0.29) is 5.91 Å². The molecule has 6 heteroatoms. The summed E-state index contributed by atoms with van der Waals surface area (Å²) >= 11 is 5.78. The molecule has 0 N–H and O–H groups in total. The number of hydrogen-bond acceptors (Lipinski definition) is 4. The van der Waals surface area contributed by atoms with Gasteiger partial charge in [-0.15, -0.1) is 0 Å². The van der Waals surface area contributed by atoms with Crippen LogP contribution in [0.25, 0.3) is 0 Å². The van der Waals surface area contributed by atoms with Crippen molar-refractivity contribution in [3.05, 3.63) is 47.6 Å². The highest BCUT2D eigenvalue weighted by Gasteiger charge is 2.23. The molecule has 1 amide bonds. The standard InChI is InChI=1S/C14H14ClN3O2/c15-13-4-3-11(10-16-13)17-5-7-18(8-6-17)14(19)12-2-1-9-20-12/h1-4,9-10H,5-8H2. The van der Waals surface area contributed by atoms with Gasteiger partial charge in [0.05, 0.1) is 18.1 Å². The number of halogens is 1. The molecule has 0 spiro atoms. The summed E-state index contributed by atoms with van der Waals surface area (Å²) < 4.78 is 5.14. The Kier molecular flexibility index (Phi) is 3.60. The molecule has 5 nitrogen and oxygen atoms in total. The van der Waals surface area contributed by atoms with Gasteiger partial charge in [0.25, 0.3) is 5.91 Å². The molecule has 0 atom stereocenters. The molecular weight excluding hydrogens is 278 g/mol. The van der Waals surface area contributed by atoms with E-state index in [1.807, 2.05) is 6.07 Å². The molecule has 0 aromatic carbocycles. The number of anilines is 1. The third-order valence-electron chi connectivity index (χ3n) is 3.38. The number of hydrogen-bond donors (Lipinski definition) is 0. The average molecular weight is 292 g/mol. The first-order valence-electron chi connectivity index (χ1n) is 6.43. The van der Waals surface area contributed by atoms with E-state index in [9.17, 15) is 4.79 Å². The second-order valence-electron chi connectivity index (χ2n) is 4.60. The van der Waals surface area contributed by atoms with Gasteiger partial charge in [-0.2, -0.15) is 0 Å². The lowest BCUT2D eigenvalue weighted by molar-refractivity contribution is 0.0714. The minimum Gasteiger partial charge on any atom is -0.459 e. The maximum atomic E-state index is 12.1. The Hall–Kier alpha value is -2.01. The second-order valence-corrected chi connectivity index (χ2v) is 4.98. The van der Waals surface area contributed by atoms with E-state index in [2.05, 4.69) is 9.88 Å². The van der Waals surface area contributed by atoms with Gasteiger partial charge in [0.2, 0.25) is 0 Å². The van der Waals surface area contributed by atoms with Crippen molar-refractivity contribution in [2.45, 2.75) is 0 Å². The lowest BCUT2D eigenvalue weighted by Gasteiger charge is -2.35. The molecule has 1 fully saturated rings. The lowest BCUT2D eigenvalue weighted by atomic mass is 10.2. The molecule has 1 saturated heterocycles. The maximum Gasteiger partial charge on any atom is 0.289 e. The fourth-order valence-electron chi connectivity index (χ4n) is 2.28. The highest BCUT2D eigenvalue weighted by atomic mass is 35.5. The monoisotopic (exact) mass is 291 g/mol. The van der Waals surface area contributed by atoms with Crippen LogP contribution in [0.5, 0.6) is 0 Å². The average Bonchev–Trinajstić information content (AvgIpc) is 3.02. The number of piperazine rings is 1. The summed E-state index contributed by atoms with van der Waals surface area (Å²) in [5, 5.41) is 0.486. The Morgan fingerprint density at radius 1 is 1.20 bits per heavy atom. The van der Waals surface area contributed by atoms with Crippen LogP contribution >= 0.6 is 11.6 Å². The van der Waals surface area contributed by atoms with Crippen molar-refractivity contribution in [1.82, 2.24) is 9.88 Å². The summed E-state index contributed by atoms with van der Waals surface area (Å²) in [5.41, 5.74) is 1.03. The summed E-state index contributed by atoms with van der Waals surface area (Å²) in [6.07, 6.45) is 3.27. The van der Waals surface area contributed by atoms with E-state index in [4.69, 9.17) is 16.0 Å². The van der Waals surface area contributed by atoms with Crippen molar-refractivity contribution < 1.29 is 9.21 Å². The number of pyridine rings is 1. The first kappa shape index (κ1) is 13.0. The minimum atomic E-state index is -0.0520. The Bertz CT molecular complexity index is 575. The van der Waals surface area contributed by atoms with Crippen LogP contribution < -0.4 is 4.90 Å². The van der Waals surface area contributed by atoms with E-state index >= 15 is 0 Å². The molecule has 0 saturated carbocycles. The van der Waals surface area contributed by atoms with Crippen LogP contribution in [-0.4, -0.2) is 42.0 Å². The summed E-state index contributed by atoms with van der Waals surface area (Å²) in [6, 6.07) is 7.14. The SMILES string of the molecule is O=C(c1ccco1)N1CCN(c2ccc(Cl)nc2)CC1. The molecule has 104 valence electrons. The fourth-order valence-corrected chi connectivity index (χ4v) is 2.39. The second kappa shape index (κ2) is 5.54. The molecule has 3 heterocycles. The van der Waals surface area contributed by atoms with E-state index in [0.717, 1.165) is 18.8 Å². The van der Waals surface area contributed by atoms with Crippen molar-refractivity contribution >= 4 is 23.2 Å². The maximum absolute atomic E-state index is 12.1. The third-order valence-corrected chi connectivity index (χ3v) is 3.60. The summed E-state index contributed by atoms with van der Waals surface area (Å²) in [7, 11) is 0. The lowest BCUT2D eigenvalue weighted by Crippen LogP contribution is -2.48. The summed E-state index contributed by atoms with van der Waals surface area (Å²) in [4.78, 5) is 20.2. The number of rotatable bonds is 2. The zero-order valence-corrected chi connectivity index (χ0v) is 11.6. The molecule has 0 radical (unpaired) electrons. The first-order valence-corrected chi connectivity index (χ1v) is 6.81. The Labute approximate surface area is 121 Å². The Morgan fingerprint density at radius 3 is 2.60 bits per heavy atom. The molecule has 0 bridgehead atoms. The zero-order valence-electron chi connectivity index (χ0n) is 10.8. The molecule has 3 rings (SSSR count). The van der Waals surface area contributed by atoms with Crippen LogP contribution in [0.1, 0.15) is 10.6 Å². The highest BCUT2D eigenvalue weighted by molar-refractivity contribution is 6.29. The van der Waals surface area contributed by atoms with Gasteiger partial charge in [-0.05, 0) is 24.3 Å². The number of amides is 1. The van der Waals surface area contributed by atoms with E-state index < -0.39 is 0 Å². The highest BCUT2D eigenvalue weighted by Crippen LogP contribution is 2.18. The molecule has 0 unspecified atom stereocenters.